The third-order valence-corrected chi connectivity index (χ3v) is 4.33. The van der Waals surface area contributed by atoms with E-state index < -0.39 is 0 Å². The SMILES string of the molecule is CC(NC(=O)c1csc(C#CCO)c1)C1CCOCC1. The van der Waals surface area contributed by atoms with Gasteiger partial charge in [-0.15, -0.1) is 11.3 Å². The second-order valence-corrected chi connectivity index (χ2v) is 5.78. The molecule has 0 aliphatic carbocycles. The van der Waals surface area contributed by atoms with Gasteiger partial charge in [0.25, 0.3) is 5.91 Å². The molecule has 5 heteroatoms. The number of aliphatic hydroxyl groups excluding tert-OH is 1. The summed E-state index contributed by atoms with van der Waals surface area (Å²) in [6.45, 7) is 3.45. The van der Waals surface area contributed by atoms with Gasteiger partial charge in [-0.2, -0.15) is 0 Å². The lowest BCUT2D eigenvalue weighted by Crippen LogP contribution is -2.40. The molecule has 1 atom stereocenters. The maximum Gasteiger partial charge on any atom is 0.252 e. The molecule has 20 heavy (non-hydrogen) atoms. The first-order chi connectivity index (χ1) is 9.70. The highest BCUT2D eigenvalue weighted by atomic mass is 32.1. The summed E-state index contributed by atoms with van der Waals surface area (Å²) in [4.78, 5) is 12.9. The number of hydrogen-bond acceptors (Lipinski definition) is 4. The number of aliphatic hydroxyl groups is 1. The third-order valence-electron chi connectivity index (χ3n) is 3.48. The van der Waals surface area contributed by atoms with Crippen LogP contribution in [0.5, 0.6) is 0 Å². The number of thiophene rings is 1. The summed E-state index contributed by atoms with van der Waals surface area (Å²) >= 11 is 1.41. The van der Waals surface area contributed by atoms with Crippen molar-refractivity contribution in [2.45, 2.75) is 25.8 Å². The molecule has 1 aromatic heterocycles. The van der Waals surface area contributed by atoms with Crippen LogP contribution in [0.2, 0.25) is 0 Å². The summed E-state index contributed by atoms with van der Waals surface area (Å²) in [6.07, 6.45) is 2.00. The number of hydrogen-bond donors (Lipinski definition) is 2. The van der Waals surface area contributed by atoms with Crippen molar-refractivity contribution in [1.82, 2.24) is 5.32 Å². The maximum atomic E-state index is 12.2. The summed E-state index contributed by atoms with van der Waals surface area (Å²) in [5.41, 5.74) is 0.635. The highest BCUT2D eigenvalue weighted by Crippen LogP contribution is 2.19. The Kier molecular flexibility index (Phi) is 5.60. The highest BCUT2D eigenvalue weighted by molar-refractivity contribution is 7.10. The largest absolute Gasteiger partial charge is 0.384 e. The molecule has 1 saturated heterocycles. The van der Waals surface area contributed by atoms with Crippen molar-refractivity contribution in [3.05, 3.63) is 21.9 Å². The van der Waals surface area contributed by atoms with Gasteiger partial charge in [0.2, 0.25) is 0 Å². The zero-order valence-corrected chi connectivity index (χ0v) is 12.3. The Morgan fingerprint density at radius 3 is 3.05 bits per heavy atom. The highest BCUT2D eigenvalue weighted by Gasteiger charge is 2.22. The number of nitrogens with one attached hydrogen (secondary N) is 1. The summed E-state index contributed by atoms with van der Waals surface area (Å²) < 4.78 is 5.33. The topological polar surface area (TPSA) is 58.6 Å². The first kappa shape index (κ1) is 15.0. The molecule has 1 aromatic rings. The van der Waals surface area contributed by atoms with Gasteiger partial charge in [0.1, 0.15) is 6.61 Å². The zero-order chi connectivity index (χ0) is 14.4. The molecule has 0 saturated carbocycles. The Balaban J connectivity index is 1.92. The van der Waals surface area contributed by atoms with E-state index in [0.717, 1.165) is 30.9 Å². The van der Waals surface area contributed by atoms with E-state index in [0.29, 0.717) is 11.5 Å². The van der Waals surface area contributed by atoms with Crippen LogP contribution >= 0.6 is 11.3 Å². The van der Waals surface area contributed by atoms with Gasteiger partial charge in [0.05, 0.1) is 10.4 Å². The van der Waals surface area contributed by atoms with E-state index in [-0.39, 0.29) is 18.6 Å². The Hall–Kier alpha value is -1.35. The second-order valence-electron chi connectivity index (χ2n) is 4.87. The molecule has 0 bridgehead atoms. The lowest BCUT2D eigenvalue weighted by Gasteiger charge is -2.28. The Bertz CT molecular complexity index is 509. The molecule has 1 unspecified atom stereocenters. The van der Waals surface area contributed by atoms with Gasteiger partial charge >= 0.3 is 0 Å². The quantitative estimate of drug-likeness (QED) is 0.833. The first-order valence-corrected chi connectivity index (χ1v) is 7.65. The van der Waals surface area contributed by atoms with E-state index in [9.17, 15) is 4.79 Å². The van der Waals surface area contributed by atoms with Crippen molar-refractivity contribution in [2.24, 2.45) is 5.92 Å². The van der Waals surface area contributed by atoms with Crippen molar-refractivity contribution < 1.29 is 14.6 Å². The summed E-state index contributed by atoms with van der Waals surface area (Å²) in [5.74, 6) is 5.82. The average molecular weight is 293 g/mol. The molecule has 1 aliphatic heterocycles. The van der Waals surface area contributed by atoms with Crippen LogP contribution in [0.4, 0.5) is 0 Å². The van der Waals surface area contributed by atoms with E-state index in [2.05, 4.69) is 17.2 Å². The number of ether oxygens (including phenoxy) is 1. The fourth-order valence-corrected chi connectivity index (χ4v) is 3.03. The van der Waals surface area contributed by atoms with Crippen LogP contribution < -0.4 is 5.32 Å². The van der Waals surface area contributed by atoms with Crippen molar-refractivity contribution in [3.63, 3.8) is 0 Å². The van der Waals surface area contributed by atoms with Gasteiger partial charge in [0.15, 0.2) is 0 Å². The molecule has 1 aliphatic rings. The Morgan fingerprint density at radius 2 is 2.35 bits per heavy atom. The minimum absolute atomic E-state index is 0.0581. The molecule has 2 N–H and O–H groups in total. The number of carbonyl (C=O) groups excluding carboxylic acids is 1. The average Bonchev–Trinajstić information content (AvgIpc) is 2.95. The van der Waals surface area contributed by atoms with E-state index in [1.807, 2.05) is 6.92 Å². The molecule has 2 heterocycles. The fourth-order valence-electron chi connectivity index (χ4n) is 2.27. The molecule has 1 amide bonds. The number of carbonyl (C=O) groups is 1. The van der Waals surface area contributed by atoms with E-state index >= 15 is 0 Å². The van der Waals surface area contributed by atoms with Crippen molar-refractivity contribution >= 4 is 17.2 Å². The van der Waals surface area contributed by atoms with Crippen LogP contribution in [0.25, 0.3) is 0 Å². The summed E-state index contributed by atoms with van der Waals surface area (Å²) in [6, 6.07) is 1.91. The van der Waals surface area contributed by atoms with Crippen LogP contribution in [-0.2, 0) is 4.74 Å². The lowest BCUT2D eigenvalue weighted by atomic mass is 9.93. The molecule has 0 spiro atoms. The smallest absolute Gasteiger partial charge is 0.252 e. The minimum Gasteiger partial charge on any atom is -0.384 e. The fraction of sp³-hybridized carbons (Fsp3) is 0.533. The van der Waals surface area contributed by atoms with Gasteiger partial charge in [-0.25, -0.2) is 0 Å². The predicted molar refractivity (Wildman–Crippen MR) is 78.8 cm³/mol. The first-order valence-electron chi connectivity index (χ1n) is 6.77. The molecule has 2 rings (SSSR count). The minimum atomic E-state index is -0.166. The van der Waals surface area contributed by atoms with Crippen molar-refractivity contribution in [1.29, 1.82) is 0 Å². The van der Waals surface area contributed by atoms with Crippen LogP contribution in [0.1, 0.15) is 35.0 Å². The molecule has 1 fully saturated rings. The van der Waals surface area contributed by atoms with Gasteiger partial charge < -0.3 is 15.2 Å². The van der Waals surface area contributed by atoms with Gasteiger partial charge in [-0.1, -0.05) is 11.8 Å². The molecule has 0 radical (unpaired) electrons. The third kappa shape index (κ3) is 4.07. The predicted octanol–water partition coefficient (Wildman–Crippen LogP) is 1.64. The summed E-state index contributed by atoms with van der Waals surface area (Å²) in [7, 11) is 0. The van der Waals surface area contributed by atoms with Gasteiger partial charge in [0, 0.05) is 24.6 Å². The Morgan fingerprint density at radius 1 is 1.60 bits per heavy atom. The van der Waals surface area contributed by atoms with E-state index in [4.69, 9.17) is 9.84 Å². The number of amides is 1. The standard InChI is InChI=1S/C15H19NO3S/c1-11(12-4-7-19-8-5-12)16-15(18)13-9-14(20-10-13)3-2-6-17/h9-12,17H,4-8H2,1H3,(H,16,18). The van der Waals surface area contributed by atoms with Crippen molar-refractivity contribution in [2.75, 3.05) is 19.8 Å². The van der Waals surface area contributed by atoms with Crippen LogP contribution in [-0.4, -0.2) is 36.9 Å². The normalized spacial score (nSPS) is 17.1. The molecule has 0 aromatic carbocycles. The lowest BCUT2D eigenvalue weighted by molar-refractivity contribution is 0.0538. The van der Waals surface area contributed by atoms with Crippen LogP contribution in [0.15, 0.2) is 11.4 Å². The molecule has 108 valence electrons. The van der Waals surface area contributed by atoms with Crippen LogP contribution in [0.3, 0.4) is 0 Å². The molecule has 4 nitrogen and oxygen atoms in total. The second kappa shape index (κ2) is 7.44. The monoisotopic (exact) mass is 293 g/mol. The van der Waals surface area contributed by atoms with Crippen molar-refractivity contribution in [3.8, 4) is 11.8 Å². The van der Waals surface area contributed by atoms with Crippen LogP contribution in [0, 0.1) is 17.8 Å². The Labute approximate surface area is 123 Å². The molecular weight excluding hydrogens is 274 g/mol. The zero-order valence-electron chi connectivity index (χ0n) is 11.5. The van der Waals surface area contributed by atoms with Gasteiger partial charge in [-0.3, -0.25) is 4.79 Å². The summed E-state index contributed by atoms with van der Waals surface area (Å²) in [5, 5.41) is 13.5. The van der Waals surface area contributed by atoms with Gasteiger partial charge in [-0.05, 0) is 31.7 Å². The van der Waals surface area contributed by atoms with E-state index in [1.165, 1.54) is 11.3 Å². The number of rotatable bonds is 3. The maximum absolute atomic E-state index is 12.2. The van der Waals surface area contributed by atoms with E-state index in [1.54, 1.807) is 11.4 Å². The molecular formula is C15H19NO3S.